The number of alkyl halides is 3. The molecule has 0 aliphatic heterocycles. The molecule has 0 spiro atoms. The molecule has 0 saturated heterocycles. The molecule has 0 amide bonds. The van der Waals surface area contributed by atoms with Crippen LogP contribution >= 0.6 is 24.0 Å². The molecule has 0 saturated carbocycles. The summed E-state index contributed by atoms with van der Waals surface area (Å²) in [5, 5.41) is 2.60. The number of benzene rings is 2. The van der Waals surface area contributed by atoms with Gasteiger partial charge in [-0.15, -0.1) is 37.1 Å². The lowest BCUT2D eigenvalue weighted by Gasteiger charge is -2.15. The van der Waals surface area contributed by atoms with Gasteiger partial charge in [0.05, 0.1) is 39.1 Å². The number of halogens is 4. The smallest absolute Gasteiger partial charge is 0.496 e. The molecule has 7 nitrogen and oxygen atoms in total. The van der Waals surface area contributed by atoms with Gasteiger partial charge in [-0.3, -0.25) is 0 Å². The first-order valence-corrected chi connectivity index (χ1v) is 7.98. The fourth-order valence-corrected chi connectivity index (χ4v) is 2.36. The van der Waals surface area contributed by atoms with Gasteiger partial charge in [-0.05, 0) is 12.1 Å². The lowest BCUT2D eigenvalue weighted by molar-refractivity contribution is -0.274. The summed E-state index contributed by atoms with van der Waals surface area (Å²) in [4.78, 5) is 4.15. The first-order valence-electron chi connectivity index (χ1n) is 7.98. The van der Waals surface area contributed by atoms with Gasteiger partial charge in [0.15, 0.2) is 11.7 Å². The number of nitrogens with one attached hydrogen (secondary N) is 1. The Kier molecular flexibility index (Phi) is 9.14. The number of rotatable bonds is 7. The van der Waals surface area contributed by atoms with Crippen molar-refractivity contribution in [2.45, 2.75) is 12.9 Å². The Labute approximate surface area is 183 Å². The van der Waals surface area contributed by atoms with Crippen molar-refractivity contribution in [3.05, 3.63) is 42.0 Å². The average Bonchev–Trinajstić information content (AvgIpc) is 2.66. The van der Waals surface area contributed by atoms with Gasteiger partial charge in [0.1, 0.15) is 17.2 Å². The summed E-state index contributed by atoms with van der Waals surface area (Å²) < 4.78 is 57.3. The van der Waals surface area contributed by atoms with E-state index in [1.54, 1.807) is 12.1 Å². The van der Waals surface area contributed by atoms with Crippen LogP contribution in [0.15, 0.2) is 41.4 Å². The van der Waals surface area contributed by atoms with Crippen LogP contribution in [0.1, 0.15) is 5.56 Å². The molecule has 0 fully saturated rings. The third kappa shape index (κ3) is 7.07. The zero-order valence-corrected chi connectivity index (χ0v) is 18.2. The maximum atomic E-state index is 12.5. The Morgan fingerprint density at radius 3 is 2.10 bits per heavy atom. The molecule has 0 atom stereocenters. The van der Waals surface area contributed by atoms with Gasteiger partial charge in [0, 0.05) is 12.1 Å². The molecule has 2 aromatic carbocycles. The summed E-state index contributed by atoms with van der Waals surface area (Å²) in [6.45, 7) is 0.0530. The quantitative estimate of drug-likeness (QED) is 0.320. The van der Waals surface area contributed by atoms with Crippen LogP contribution in [0.5, 0.6) is 23.0 Å². The van der Waals surface area contributed by atoms with Crippen LogP contribution < -0.4 is 30.0 Å². The predicted octanol–water partition coefficient (Wildman–Crippen LogP) is 4.16. The molecule has 160 valence electrons. The largest absolute Gasteiger partial charge is 0.573 e. The number of aliphatic imine (C=N–C) groups is 1. The molecule has 0 aliphatic rings. The number of guanidine groups is 1. The summed E-state index contributed by atoms with van der Waals surface area (Å²) >= 11 is 0. The second kappa shape index (κ2) is 10.8. The van der Waals surface area contributed by atoms with E-state index < -0.39 is 12.1 Å². The maximum Gasteiger partial charge on any atom is 0.573 e. The molecular formula is C18H21F3IN3O4. The van der Waals surface area contributed by atoms with Gasteiger partial charge in [-0.25, -0.2) is 4.99 Å². The predicted molar refractivity (Wildman–Crippen MR) is 114 cm³/mol. The van der Waals surface area contributed by atoms with Gasteiger partial charge in [0.2, 0.25) is 0 Å². The van der Waals surface area contributed by atoms with Crippen molar-refractivity contribution in [3.8, 4) is 23.0 Å². The van der Waals surface area contributed by atoms with E-state index in [0.717, 1.165) is 0 Å². The van der Waals surface area contributed by atoms with Crippen molar-refractivity contribution in [2.75, 3.05) is 26.6 Å². The third-order valence-corrected chi connectivity index (χ3v) is 3.60. The van der Waals surface area contributed by atoms with Crippen LogP contribution in [-0.2, 0) is 6.54 Å². The number of methoxy groups -OCH3 is 3. The van der Waals surface area contributed by atoms with Crippen LogP contribution in [-0.4, -0.2) is 33.7 Å². The van der Waals surface area contributed by atoms with Gasteiger partial charge < -0.3 is 30.0 Å². The molecule has 0 heterocycles. The molecule has 29 heavy (non-hydrogen) atoms. The standard InChI is InChI=1S/C18H20F3N3O4.HI/c1-25-11-8-15(26-2)12(16(9-11)27-3)10-23-17(22)24-13-6-4-5-7-14(13)28-18(19,20)21;/h4-9H,10H2,1-3H3,(H3,22,23,24);1H. The van der Waals surface area contributed by atoms with Crippen LogP contribution in [0.2, 0.25) is 0 Å². The van der Waals surface area contributed by atoms with Gasteiger partial charge >= 0.3 is 6.36 Å². The number of nitrogens with zero attached hydrogens (tertiary/aromatic N) is 1. The molecule has 2 aromatic rings. The van der Waals surface area contributed by atoms with Crippen molar-refractivity contribution >= 4 is 35.6 Å². The van der Waals surface area contributed by atoms with Crippen LogP contribution in [0.4, 0.5) is 18.9 Å². The molecule has 11 heteroatoms. The van der Waals surface area contributed by atoms with Crippen molar-refractivity contribution in [2.24, 2.45) is 10.7 Å². The molecule has 2 rings (SSSR count). The highest BCUT2D eigenvalue weighted by molar-refractivity contribution is 14.0. The van der Waals surface area contributed by atoms with Gasteiger partial charge in [0.25, 0.3) is 0 Å². The molecule has 0 unspecified atom stereocenters. The monoisotopic (exact) mass is 527 g/mol. The molecule has 0 bridgehead atoms. The van der Waals surface area contributed by atoms with E-state index in [-0.39, 0.29) is 42.2 Å². The Bertz CT molecular complexity index is 822. The Morgan fingerprint density at radius 1 is 1.00 bits per heavy atom. The van der Waals surface area contributed by atoms with E-state index in [2.05, 4.69) is 15.0 Å². The van der Waals surface area contributed by atoms with Gasteiger partial charge in [-0.2, -0.15) is 0 Å². The van der Waals surface area contributed by atoms with E-state index in [4.69, 9.17) is 19.9 Å². The first kappa shape index (κ1) is 24.5. The van der Waals surface area contributed by atoms with E-state index in [9.17, 15) is 13.2 Å². The highest BCUT2D eigenvalue weighted by atomic mass is 127. The Hall–Kier alpha value is -2.57. The summed E-state index contributed by atoms with van der Waals surface area (Å²) in [6, 6.07) is 8.81. The molecule has 3 N–H and O–H groups in total. The number of para-hydroxylation sites is 2. The molecular weight excluding hydrogens is 506 g/mol. The third-order valence-electron chi connectivity index (χ3n) is 3.60. The second-order valence-corrected chi connectivity index (χ2v) is 5.38. The minimum Gasteiger partial charge on any atom is -0.496 e. The number of hydrogen-bond acceptors (Lipinski definition) is 5. The van der Waals surface area contributed by atoms with Crippen molar-refractivity contribution < 1.29 is 32.1 Å². The lowest BCUT2D eigenvalue weighted by Crippen LogP contribution is -2.24. The van der Waals surface area contributed by atoms with Crippen LogP contribution in [0, 0.1) is 0 Å². The van der Waals surface area contributed by atoms with E-state index in [1.807, 2.05) is 0 Å². The highest BCUT2D eigenvalue weighted by Gasteiger charge is 2.32. The van der Waals surface area contributed by atoms with Crippen molar-refractivity contribution in [3.63, 3.8) is 0 Å². The van der Waals surface area contributed by atoms with Gasteiger partial charge in [-0.1, -0.05) is 12.1 Å². The minimum absolute atomic E-state index is 0. The minimum atomic E-state index is -4.83. The normalized spacial score (nSPS) is 11.3. The van der Waals surface area contributed by atoms with Crippen molar-refractivity contribution in [1.82, 2.24) is 0 Å². The fourth-order valence-electron chi connectivity index (χ4n) is 2.36. The number of anilines is 1. The summed E-state index contributed by atoms with van der Waals surface area (Å²) in [6.07, 6.45) is -4.83. The molecule has 0 aliphatic carbocycles. The van der Waals surface area contributed by atoms with E-state index in [1.165, 1.54) is 45.6 Å². The molecule has 0 aromatic heterocycles. The SMILES string of the molecule is COc1cc(OC)c(CN=C(N)Nc2ccccc2OC(F)(F)F)c(OC)c1.I. The number of hydrogen-bond donors (Lipinski definition) is 2. The Morgan fingerprint density at radius 2 is 1.59 bits per heavy atom. The zero-order chi connectivity index (χ0) is 20.7. The molecule has 0 radical (unpaired) electrons. The number of nitrogens with two attached hydrogens (primary N) is 1. The maximum absolute atomic E-state index is 12.5. The lowest BCUT2D eigenvalue weighted by atomic mass is 10.1. The average molecular weight is 527 g/mol. The van der Waals surface area contributed by atoms with Crippen LogP contribution in [0.3, 0.4) is 0 Å². The first-order chi connectivity index (χ1) is 13.3. The summed E-state index contributed by atoms with van der Waals surface area (Å²) in [5.41, 5.74) is 6.44. The highest BCUT2D eigenvalue weighted by Crippen LogP contribution is 2.34. The van der Waals surface area contributed by atoms with E-state index in [0.29, 0.717) is 22.8 Å². The second-order valence-electron chi connectivity index (χ2n) is 5.38. The Balaban J connectivity index is 0.00000420. The van der Waals surface area contributed by atoms with Crippen molar-refractivity contribution in [1.29, 1.82) is 0 Å². The van der Waals surface area contributed by atoms with Crippen LogP contribution in [0.25, 0.3) is 0 Å². The van der Waals surface area contributed by atoms with E-state index >= 15 is 0 Å². The number of ether oxygens (including phenoxy) is 4. The summed E-state index contributed by atoms with van der Waals surface area (Å²) in [7, 11) is 4.47. The topological polar surface area (TPSA) is 87.3 Å². The zero-order valence-electron chi connectivity index (χ0n) is 15.9. The fraction of sp³-hybridized carbons (Fsp3) is 0.278. The summed E-state index contributed by atoms with van der Waals surface area (Å²) in [5.74, 6) is 0.929.